The standard InChI is InChI=1S/C8H4ClF5IN/c9-2-5-4(15)1-3(7(10)11)6(16-5)8(12,13)14/h1,7H,2H2. The molecular formula is C8H4ClF5IN. The van der Waals surface area contributed by atoms with Gasteiger partial charge in [0.2, 0.25) is 0 Å². The molecule has 0 amide bonds. The first kappa shape index (κ1) is 13.9. The van der Waals surface area contributed by atoms with Crippen LogP contribution in [0.15, 0.2) is 6.07 Å². The Labute approximate surface area is 106 Å². The SMILES string of the molecule is FC(F)c1cc(I)c(CCl)nc1C(F)(F)F. The lowest BCUT2D eigenvalue weighted by molar-refractivity contribution is -0.143. The van der Waals surface area contributed by atoms with Gasteiger partial charge in [0.25, 0.3) is 6.43 Å². The Balaban J connectivity index is 3.43. The molecule has 1 aromatic rings. The van der Waals surface area contributed by atoms with Gasteiger partial charge in [0, 0.05) is 9.13 Å². The molecule has 0 unspecified atom stereocenters. The smallest absolute Gasteiger partial charge is 0.245 e. The van der Waals surface area contributed by atoms with Crippen molar-refractivity contribution < 1.29 is 22.0 Å². The highest BCUT2D eigenvalue weighted by Crippen LogP contribution is 2.36. The van der Waals surface area contributed by atoms with E-state index in [1.54, 1.807) is 22.6 Å². The second-order valence-electron chi connectivity index (χ2n) is 2.79. The van der Waals surface area contributed by atoms with Crippen LogP contribution in [0.3, 0.4) is 0 Å². The van der Waals surface area contributed by atoms with Gasteiger partial charge in [-0.2, -0.15) is 13.2 Å². The number of nitrogens with zero attached hydrogens (tertiary/aromatic N) is 1. The minimum absolute atomic E-state index is 0.0565. The number of rotatable bonds is 2. The Hall–Kier alpha value is -0.180. The molecule has 0 fully saturated rings. The topological polar surface area (TPSA) is 12.9 Å². The zero-order valence-electron chi connectivity index (χ0n) is 7.45. The maximum atomic E-state index is 12.4. The number of aromatic nitrogens is 1. The molecule has 90 valence electrons. The molecule has 1 aromatic heterocycles. The largest absolute Gasteiger partial charge is 0.433 e. The quantitative estimate of drug-likeness (QED) is 0.427. The third-order valence-electron chi connectivity index (χ3n) is 1.71. The van der Waals surface area contributed by atoms with Crippen LogP contribution in [0.5, 0.6) is 0 Å². The molecule has 0 aliphatic heterocycles. The molecular weight excluding hydrogens is 367 g/mol. The summed E-state index contributed by atoms with van der Waals surface area (Å²) in [5.41, 5.74) is -2.75. The highest BCUT2D eigenvalue weighted by Gasteiger charge is 2.38. The van der Waals surface area contributed by atoms with Crippen LogP contribution in [-0.4, -0.2) is 4.98 Å². The van der Waals surface area contributed by atoms with Crippen molar-refractivity contribution in [1.29, 1.82) is 0 Å². The van der Waals surface area contributed by atoms with Crippen molar-refractivity contribution >= 4 is 34.2 Å². The molecule has 0 aliphatic carbocycles. The van der Waals surface area contributed by atoms with Crippen LogP contribution >= 0.6 is 34.2 Å². The lowest BCUT2D eigenvalue weighted by atomic mass is 10.1. The van der Waals surface area contributed by atoms with Crippen molar-refractivity contribution in [3.63, 3.8) is 0 Å². The maximum absolute atomic E-state index is 12.4. The highest BCUT2D eigenvalue weighted by atomic mass is 127. The zero-order valence-corrected chi connectivity index (χ0v) is 10.4. The van der Waals surface area contributed by atoms with E-state index in [4.69, 9.17) is 11.6 Å². The first-order valence-electron chi connectivity index (χ1n) is 3.88. The second kappa shape index (κ2) is 4.99. The van der Waals surface area contributed by atoms with Gasteiger partial charge in [0.1, 0.15) is 0 Å². The van der Waals surface area contributed by atoms with Crippen LogP contribution in [0.25, 0.3) is 0 Å². The summed E-state index contributed by atoms with van der Waals surface area (Å²) in [6.07, 6.45) is -8.13. The summed E-state index contributed by atoms with van der Waals surface area (Å²) >= 11 is 6.98. The van der Waals surface area contributed by atoms with Crippen LogP contribution in [0.1, 0.15) is 23.4 Å². The average Bonchev–Trinajstić information content (AvgIpc) is 2.15. The van der Waals surface area contributed by atoms with E-state index < -0.39 is 23.9 Å². The van der Waals surface area contributed by atoms with E-state index in [-0.39, 0.29) is 15.1 Å². The monoisotopic (exact) mass is 371 g/mol. The summed E-state index contributed by atoms with van der Waals surface area (Å²) in [5, 5.41) is 0. The molecule has 1 nitrogen and oxygen atoms in total. The molecule has 0 spiro atoms. The molecule has 8 heteroatoms. The first-order valence-corrected chi connectivity index (χ1v) is 5.49. The van der Waals surface area contributed by atoms with Crippen molar-refractivity contribution in [2.24, 2.45) is 0 Å². The molecule has 1 rings (SSSR count). The molecule has 0 bridgehead atoms. The van der Waals surface area contributed by atoms with Crippen LogP contribution in [-0.2, 0) is 12.1 Å². The van der Waals surface area contributed by atoms with E-state index in [0.29, 0.717) is 0 Å². The molecule has 0 aromatic carbocycles. The van der Waals surface area contributed by atoms with Crippen LogP contribution in [0, 0.1) is 3.57 Å². The van der Waals surface area contributed by atoms with E-state index in [1.165, 1.54) is 0 Å². The lowest BCUT2D eigenvalue weighted by Gasteiger charge is -2.13. The molecule has 0 aliphatic rings. The maximum Gasteiger partial charge on any atom is 0.433 e. The van der Waals surface area contributed by atoms with Gasteiger partial charge < -0.3 is 0 Å². The Morgan fingerprint density at radius 1 is 1.38 bits per heavy atom. The number of pyridine rings is 1. The molecule has 0 radical (unpaired) electrons. The van der Waals surface area contributed by atoms with Crippen LogP contribution in [0.4, 0.5) is 22.0 Å². The van der Waals surface area contributed by atoms with E-state index in [0.717, 1.165) is 6.07 Å². The van der Waals surface area contributed by atoms with Gasteiger partial charge in [-0.25, -0.2) is 13.8 Å². The fraction of sp³-hybridized carbons (Fsp3) is 0.375. The number of hydrogen-bond acceptors (Lipinski definition) is 1. The summed E-state index contributed by atoms with van der Waals surface area (Å²) in [6.45, 7) is 0. The fourth-order valence-electron chi connectivity index (χ4n) is 1.03. The lowest BCUT2D eigenvalue weighted by Crippen LogP contribution is -2.14. The Kier molecular flexibility index (Phi) is 4.33. The third kappa shape index (κ3) is 2.93. The van der Waals surface area contributed by atoms with E-state index in [2.05, 4.69) is 4.98 Å². The Morgan fingerprint density at radius 3 is 2.31 bits per heavy atom. The second-order valence-corrected chi connectivity index (χ2v) is 4.22. The highest BCUT2D eigenvalue weighted by molar-refractivity contribution is 14.1. The number of alkyl halides is 6. The van der Waals surface area contributed by atoms with Crippen molar-refractivity contribution in [3.05, 3.63) is 26.6 Å². The molecule has 0 saturated heterocycles. The summed E-state index contributed by atoms with van der Waals surface area (Å²) in [5.74, 6) is -0.259. The van der Waals surface area contributed by atoms with Gasteiger partial charge in [-0.3, -0.25) is 0 Å². The summed E-state index contributed by atoms with van der Waals surface area (Å²) in [6, 6.07) is 0.763. The predicted octanol–water partition coefficient (Wildman–Crippen LogP) is 4.38. The van der Waals surface area contributed by atoms with E-state index >= 15 is 0 Å². The fourth-order valence-corrected chi connectivity index (χ4v) is 2.10. The van der Waals surface area contributed by atoms with Crippen LogP contribution in [0.2, 0.25) is 0 Å². The van der Waals surface area contributed by atoms with Crippen molar-refractivity contribution in [2.45, 2.75) is 18.5 Å². The van der Waals surface area contributed by atoms with Crippen LogP contribution < -0.4 is 0 Å². The first-order chi connectivity index (χ1) is 7.27. The van der Waals surface area contributed by atoms with Gasteiger partial charge in [-0.15, -0.1) is 11.6 Å². The molecule has 1 heterocycles. The molecule has 0 atom stereocenters. The van der Waals surface area contributed by atoms with Gasteiger partial charge in [0.15, 0.2) is 5.69 Å². The Bertz CT molecular complexity index is 393. The van der Waals surface area contributed by atoms with E-state index in [1.807, 2.05) is 0 Å². The van der Waals surface area contributed by atoms with Gasteiger partial charge >= 0.3 is 6.18 Å². The minimum Gasteiger partial charge on any atom is -0.245 e. The molecule has 0 saturated carbocycles. The summed E-state index contributed by atoms with van der Waals surface area (Å²) < 4.78 is 62.2. The van der Waals surface area contributed by atoms with Gasteiger partial charge in [0.05, 0.1) is 11.6 Å². The zero-order chi connectivity index (χ0) is 12.5. The summed E-state index contributed by atoms with van der Waals surface area (Å²) in [7, 11) is 0. The normalized spacial score (nSPS) is 12.2. The molecule has 16 heavy (non-hydrogen) atoms. The van der Waals surface area contributed by atoms with Gasteiger partial charge in [-0.05, 0) is 28.7 Å². The van der Waals surface area contributed by atoms with Crippen molar-refractivity contribution in [3.8, 4) is 0 Å². The molecule has 0 N–H and O–H groups in total. The van der Waals surface area contributed by atoms with Gasteiger partial charge in [-0.1, -0.05) is 0 Å². The average molecular weight is 371 g/mol. The number of hydrogen-bond donors (Lipinski definition) is 0. The summed E-state index contributed by atoms with van der Waals surface area (Å²) in [4.78, 5) is 3.14. The van der Waals surface area contributed by atoms with E-state index in [9.17, 15) is 22.0 Å². The van der Waals surface area contributed by atoms with Crippen molar-refractivity contribution in [2.75, 3.05) is 0 Å². The minimum atomic E-state index is -4.91. The number of halogens is 7. The third-order valence-corrected chi connectivity index (χ3v) is 2.90. The van der Waals surface area contributed by atoms with Crippen molar-refractivity contribution in [1.82, 2.24) is 4.98 Å². The predicted molar refractivity (Wildman–Crippen MR) is 56.5 cm³/mol. The Morgan fingerprint density at radius 2 is 1.94 bits per heavy atom.